The van der Waals surface area contributed by atoms with Gasteiger partial charge in [0.15, 0.2) is 0 Å². The van der Waals surface area contributed by atoms with E-state index in [0.717, 1.165) is 5.56 Å². The predicted molar refractivity (Wildman–Crippen MR) is 43.9 cm³/mol. The van der Waals surface area contributed by atoms with Crippen LogP contribution in [-0.4, -0.2) is 0 Å². The van der Waals surface area contributed by atoms with Gasteiger partial charge in [-0.2, -0.15) is 5.26 Å². The van der Waals surface area contributed by atoms with Crippen molar-refractivity contribution in [3.63, 3.8) is 0 Å². The fourth-order valence-electron chi connectivity index (χ4n) is 0.854. The minimum Gasteiger partial charge on any atom is -0.198 e. The van der Waals surface area contributed by atoms with E-state index in [0.29, 0.717) is 0 Å². The third-order valence-electron chi connectivity index (χ3n) is 1.40. The van der Waals surface area contributed by atoms with Crippen LogP contribution in [0.3, 0.4) is 0 Å². The van der Waals surface area contributed by atoms with Crippen LogP contribution >= 0.6 is 0 Å². The zero-order valence-electron chi connectivity index (χ0n) is 6.25. The van der Waals surface area contributed by atoms with Crippen LogP contribution in [0.5, 0.6) is 0 Å². The predicted octanol–water partition coefficient (Wildman–Crippen LogP) is 2.56. The van der Waals surface area contributed by atoms with Crippen LogP contribution in [0.25, 0.3) is 10.4 Å². The molecule has 0 fully saturated rings. The summed E-state index contributed by atoms with van der Waals surface area (Å²) in [7, 11) is 0. The summed E-state index contributed by atoms with van der Waals surface area (Å²) in [6.45, 7) is 0. The Morgan fingerprint density at radius 1 is 1.42 bits per heavy atom. The standard InChI is InChI=1S/C8H6N4/c9-6-8(11-12-10)7-4-2-1-3-5-7/h1-5,8H. The summed E-state index contributed by atoms with van der Waals surface area (Å²) in [5.74, 6) is 0. The molecule has 12 heavy (non-hydrogen) atoms. The van der Waals surface area contributed by atoms with E-state index in [-0.39, 0.29) is 0 Å². The second-order valence-electron chi connectivity index (χ2n) is 2.15. The van der Waals surface area contributed by atoms with Gasteiger partial charge in [0.05, 0.1) is 6.07 Å². The van der Waals surface area contributed by atoms with Crippen molar-refractivity contribution in [2.75, 3.05) is 0 Å². The van der Waals surface area contributed by atoms with Crippen molar-refractivity contribution in [3.05, 3.63) is 46.3 Å². The average Bonchev–Trinajstić information content (AvgIpc) is 2.15. The molecule has 0 bridgehead atoms. The maximum Gasteiger partial charge on any atom is 0.150 e. The lowest BCUT2D eigenvalue weighted by molar-refractivity contribution is 0.911. The van der Waals surface area contributed by atoms with Crippen LogP contribution in [0, 0.1) is 11.3 Å². The minimum absolute atomic E-state index is 0.712. The molecule has 1 aromatic rings. The first-order valence-electron chi connectivity index (χ1n) is 3.37. The zero-order chi connectivity index (χ0) is 8.81. The van der Waals surface area contributed by atoms with Gasteiger partial charge in [0.25, 0.3) is 0 Å². The Bertz CT molecular complexity index is 332. The largest absolute Gasteiger partial charge is 0.198 e. The Hall–Kier alpha value is -1.98. The third-order valence-corrected chi connectivity index (χ3v) is 1.40. The molecule has 0 heterocycles. The van der Waals surface area contributed by atoms with E-state index >= 15 is 0 Å². The lowest BCUT2D eigenvalue weighted by Gasteiger charge is -1.99. The summed E-state index contributed by atoms with van der Waals surface area (Å²) in [6.07, 6.45) is 0. The Morgan fingerprint density at radius 2 is 2.08 bits per heavy atom. The molecule has 0 aliphatic heterocycles. The molecule has 0 N–H and O–H groups in total. The van der Waals surface area contributed by atoms with Gasteiger partial charge in [0, 0.05) is 4.91 Å². The van der Waals surface area contributed by atoms with Gasteiger partial charge in [-0.15, -0.1) is 0 Å². The first-order chi connectivity index (χ1) is 5.88. The van der Waals surface area contributed by atoms with Crippen molar-refractivity contribution in [3.8, 4) is 6.07 Å². The van der Waals surface area contributed by atoms with Gasteiger partial charge in [-0.05, 0) is 11.1 Å². The summed E-state index contributed by atoms with van der Waals surface area (Å²) in [5.41, 5.74) is 8.86. The molecule has 4 nitrogen and oxygen atoms in total. The smallest absolute Gasteiger partial charge is 0.150 e. The zero-order valence-corrected chi connectivity index (χ0v) is 6.25. The lowest BCUT2D eigenvalue weighted by atomic mass is 10.1. The Balaban J connectivity index is 2.97. The van der Waals surface area contributed by atoms with Crippen LogP contribution in [0.1, 0.15) is 11.6 Å². The Labute approximate surface area is 69.7 Å². The summed E-state index contributed by atoms with van der Waals surface area (Å²) >= 11 is 0. The maximum atomic E-state index is 8.60. The maximum absolute atomic E-state index is 8.60. The molecule has 1 unspecified atom stereocenters. The van der Waals surface area contributed by atoms with E-state index in [2.05, 4.69) is 10.0 Å². The molecule has 58 valence electrons. The number of hydrogen-bond acceptors (Lipinski definition) is 2. The first-order valence-corrected chi connectivity index (χ1v) is 3.37. The van der Waals surface area contributed by atoms with Crippen molar-refractivity contribution >= 4 is 0 Å². The summed E-state index contributed by atoms with van der Waals surface area (Å²) < 4.78 is 0. The number of nitrogens with zero attached hydrogens (tertiary/aromatic N) is 4. The molecule has 0 spiro atoms. The third kappa shape index (κ3) is 1.75. The summed E-state index contributed by atoms with van der Waals surface area (Å²) in [5, 5.41) is 11.9. The van der Waals surface area contributed by atoms with Crippen LogP contribution < -0.4 is 0 Å². The van der Waals surface area contributed by atoms with Crippen LogP contribution in [0.15, 0.2) is 35.4 Å². The van der Waals surface area contributed by atoms with Crippen LogP contribution in [0.4, 0.5) is 0 Å². The summed E-state index contributed by atoms with van der Waals surface area (Å²) in [6, 6.07) is 10.1. The fraction of sp³-hybridized carbons (Fsp3) is 0.125. The SMILES string of the molecule is N#CC(N=[N+]=[N-])c1ccccc1. The lowest BCUT2D eigenvalue weighted by Crippen LogP contribution is -1.88. The highest BCUT2D eigenvalue weighted by atomic mass is 15.1. The average molecular weight is 158 g/mol. The van der Waals surface area contributed by atoms with Gasteiger partial charge in [-0.1, -0.05) is 35.4 Å². The van der Waals surface area contributed by atoms with Crippen LogP contribution in [-0.2, 0) is 0 Å². The molecular weight excluding hydrogens is 152 g/mol. The van der Waals surface area contributed by atoms with E-state index in [4.69, 9.17) is 10.8 Å². The molecule has 0 radical (unpaired) electrons. The van der Waals surface area contributed by atoms with Gasteiger partial charge in [0.1, 0.15) is 6.04 Å². The van der Waals surface area contributed by atoms with Gasteiger partial charge in [-0.25, -0.2) is 0 Å². The number of nitriles is 1. The number of hydrogen-bond donors (Lipinski definition) is 0. The fourth-order valence-corrected chi connectivity index (χ4v) is 0.854. The second-order valence-corrected chi connectivity index (χ2v) is 2.15. The highest BCUT2D eigenvalue weighted by molar-refractivity contribution is 5.23. The topological polar surface area (TPSA) is 72.5 Å². The van der Waals surface area contributed by atoms with E-state index < -0.39 is 6.04 Å². The minimum atomic E-state index is -0.712. The first kappa shape index (κ1) is 8.12. The van der Waals surface area contributed by atoms with Crippen molar-refractivity contribution in [1.82, 2.24) is 0 Å². The van der Waals surface area contributed by atoms with Crippen molar-refractivity contribution in [2.24, 2.45) is 5.11 Å². The number of azide groups is 1. The Kier molecular flexibility index (Phi) is 2.72. The normalized spacial score (nSPS) is 10.9. The number of benzene rings is 1. The molecule has 0 aromatic heterocycles. The number of rotatable bonds is 2. The van der Waals surface area contributed by atoms with Gasteiger partial charge in [0.2, 0.25) is 0 Å². The Morgan fingerprint density at radius 3 is 2.58 bits per heavy atom. The summed E-state index contributed by atoms with van der Waals surface area (Å²) in [4.78, 5) is 2.59. The second kappa shape index (κ2) is 4.02. The van der Waals surface area contributed by atoms with Gasteiger partial charge >= 0.3 is 0 Å². The molecule has 1 aromatic carbocycles. The highest BCUT2D eigenvalue weighted by Crippen LogP contribution is 2.15. The molecule has 0 amide bonds. The molecule has 4 heteroatoms. The monoisotopic (exact) mass is 158 g/mol. The van der Waals surface area contributed by atoms with Crippen molar-refractivity contribution < 1.29 is 0 Å². The van der Waals surface area contributed by atoms with E-state index in [1.165, 1.54) is 0 Å². The molecule has 0 aliphatic rings. The van der Waals surface area contributed by atoms with Crippen LogP contribution in [0.2, 0.25) is 0 Å². The van der Waals surface area contributed by atoms with E-state index in [1.807, 2.05) is 12.1 Å². The van der Waals surface area contributed by atoms with Crippen molar-refractivity contribution in [1.29, 1.82) is 5.26 Å². The van der Waals surface area contributed by atoms with Gasteiger partial charge < -0.3 is 0 Å². The molecule has 1 rings (SSSR count). The molecule has 1 atom stereocenters. The van der Waals surface area contributed by atoms with E-state index in [9.17, 15) is 0 Å². The van der Waals surface area contributed by atoms with Gasteiger partial charge in [-0.3, -0.25) is 0 Å². The van der Waals surface area contributed by atoms with Crippen molar-refractivity contribution in [2.45, 2.75) is 6.04 Å². The van der Waals surface area contributed by atoms with E-state index in [1.54, 1.807) is 24.3 Å². The molecular formula is C8H6N4. The highest BCUT2D eigenvalue weighted by Gasteiger charge is 2.05. The molecule has 0 aliphatic carbocycles. The quantitative estimate of drug-likeness (QED) is 0.370. The molecule has 0 saturated carbocycles. The molecule has 0 saturated heterocycles.